The van der Waals surface area contributed by atoms with Crippen molar-refractivity contribution in [2.24, 2.45) is 11.7 Å². The summed E-state index contributed by atoms with van der Waals surface area (Å²) >= 11 is 1.32. The number of nitrogens with zero attached hydrogens (tertiary/aromatic N) is 2. The van der Waals surface area contributed by atoms with Crippen molar-refractivity contribution in [3.8, 4) is 0 Å². The van der Waals surface area contributed by atoms with Crippen LogP contribution in [0.3, 0.4) is 0 Å². The van der Waals surface area contributed by atoms with Crippen molar-refractivity contribution in [3.63, 3.8) is 0 Å². The smallest absolute Gasteiger partial charge is 0.226 e. The van der Waals surface area contributed by atoms with Crippen LogP contribution in [0.25, 0.3) is 0 Å². The molecule has 1 aromatic heterocycles. The summed E-state index contributed by atoms with van der Waals surface area (Å²) in [6, 6.07) is 0.185. The minimum atomic E-state index is -0.00546. The molecule has 15 heavy (non-hydrogen) atoms. The lowest BCUT2D eigenvalue weighted by Crippen LogP contribution is -2.28. The average molecular weight is 226 g/mol. The zero-order valence-corrected chi connectivity index (χ0v) is 9.17. The van der Waals surface area contributed by atoms with Crippen molar-refractivity contribution in [2.75, 3.05) is 5.32 Å². The SMILES string of the molecule is N[C@@H]1CCC[C@H]1CC(=O)Nc1nncs1. The van der Waals surface area contributed by atoms with Crippen molar-refractivity contribution in [1.29, 1.82) is 0 Å². The van der Waals surface area contributed by atoms with Crippen LogP contribution in [0.5, 0.6) is 0 Å². The molecule has 0 saturated heterocycles. The molecular formula is C9H14N4OS. The van der Waals surface area contributed by atoms with E-state index in [4.69, 9.17) is 5.73 Å². The fraction of sp³-hybridized carbons (Fsp3) is 0.667. The van der Waals surface area contributed by atoms with Gasteiger partial charge < -0.3 is 11.1 Å². The van der Waals surface area contributed by atoms with Gasteiger partial charge in [-0.25, -0.2) is 0 Å². The standard InChI is InChI=1S/C9H14N4OS/c10-7-3-1-2-6(7)4-8(14)12-9-13-11-5-15-9/h5-7H,1-4,10H2,(H,12,13,14)/t6-,7+/m0/s1. The van der Waals surface area contributed by atoms with Gasteiger partial charge in [0.2, 0.25) is 11.0 Å². The summed E-state index contributed by atoms with van der Waals surface area (Å²) in [5.74, 6) is 0.326. The van der Waals surface area contributed by atoms with E-state index in [1.165, 1.54) is 11.3 Å². The van der Waals surface area contributed by atoms with Gasteiger partial charge in [0.25, 0.3) is 0 Å². The first kappa shape index (κ1) is 10.5. The number of rotatable bonds is 3. The second-order valence-corrected chi connectivity index (χ2v) is 4.68. The van der Waals surface area contributed by atoms with Gasteiger partial charge in [0.15, 0.2) is 0 Å². The highest BCUT2D eigenvalue weighted by atomic mass is 32.1. The van der Waals surface area contributed by atoms with Crippen LogP contribution in [0.1, 0.15) is 25.7 Å². The Morgan fingerprint density at radius 3 is 3.13 bits per heavy atom. The number of nitrogens with one attached hydrogen (secondary N) is 1. The van der Waals surface area contributed by atoms with Gasteiger partial charge in [-0.05, 0) is 18.8 Å². The number of carbonyl (C=O) groups excluding carboxylic acids is 1. The van der Waals surface area contributed by atoms with E-state index in [9.17, 15) is 4.79 Å². The molecule has 1 heterocycles. The number of aromatic nitrogens is 2. The van der Waals surface area contributed by atoms with Crippen LogP contribution in [0.4, 0.5) is 5.13 Å². The largest absolute Gasteiger partial charge is 0.327 e. The summed E-state index contributed by atoms with van der Waals surface area (Å²) in [6.45, 7) is 0. The molecular weight excluding hydrogens is 212 g/mol. The number of carbonyl (C=O) groups is 1. The first-order valence-electron chi connectivity index (χ1n) is 5.07. The maximum atomic E-state index is 11.6. The minimum absolute atomic E-state index is 0.00546. The fourth-order valence-electron chi connectivity index (χ4n) is 1.95. The van der Waals surface area contributed by atoms with E-state index in [1.54, 1.807) is 5.51 Å². The molecule has 0 spiro atoms. The summed E-state index contributed by atoms with van der Waals surface area (Å²) in [5.41, 5.74) is 7.49. The first-order valence-corrected chi connectivity index (χ1v) is 5.95. The van der Waals surface area contributed by atoms with Gasteiger partial charge in [-0.1, -0.05) is 17.8 Å². The molecule has 1 aliphatic carbocycles. The highest BCUT2D eigenvalue weighted by Gasteiger charge is 2.26. The fourth-order valence-corrected chi connectivity index (χ4v) is 2.42. The van der Waals surface area contributed by atoms with Gasteiger partial charge in [0, 0.05) is 12.5 Å². The van der Waals surface area contributed by atoms with Crippen molar-refractivity contribution in [1.82, 2.24) is 10.2 Å². The van der Waals surface area contributed by atoms with Gasteiger partial charge in [0.05, 0.1) is 0 Å². The van der Waals surface area contributed by atoms with E-state index in [0.717, 1.165) is 19.3 Å². The summed E-state index contributed by atoms with van der Waals surface area (Å²) in [7, 11) is 0. The number of anilines is 1. The third-order valence-electron chi connectivity index (χ3n) is 2.77. The van der Waals surface area contributed by atoms with Crippen LogP contribution in [0.2, 0.25) is 0 Å². The number of hydrogen-bond acceptors (Lipinski definition) is 5. The van der Waals surface area contributed by atoms with Crippen molar-refractivity contribution in [3.05, 3.63) is 5.51 Å². The van der Waals surface area contributed by atoms with E-state index in [2.05, 4.69) is 15.5 Å². The van der Waals surface area contributed by atoms with E-state index in [-0.39, 0.29) is 11.9 Å². The topological polar surface area (TPSA) is 80.9 Å². The Morgan fingerprint density at radius 2 is 2.53 bits per heavy atom. The third-order valence-corrected chi connectivity index (χ3v) is 3.38. The van der Waals surface area contributed by atoms with Crippen LogP contribution in [-0.4, -0.2) is 22.1 Å². The average Bonchev–Trinajstić information content (AvgIpc) is 2.79. The predicted molar refractivity (Wildman–Crippen MR) is 58.5 cm³/mol. The van der Waals surface area contributed by atoms with Crippen LogP contribution >= 0.6 is 11.3 Å². The molecule has 1 aliphatic rings. The van der Waals surface area contributed by atoms with Crippen LogP contribution in [-0.2, 0) is 4.79 Å². The van der Waals surface area contributed by atoms with Crippen molar-refractivity contribution in [2.45, 2.75) is 31.7 Å². The minimum Gasteiger partial charge on any atom is -0.327 e. The Kier molecular flexibility index (Phi) is 3.27. The second kappa shape index (κ2) is 4.67. The predicted octanol–water partition coefficient (Wildman–Crippen LogP) is 0.994. The maximum Gasteiger partial charge on any atom is 0.226 e. The molecule has 6 heteroatoms. The molecule has 0 bridgehead atoms. The molecule has 0 aliphatic heterocycles. The van der Waals surface area contributed by atoms with Gasteiger partial charge in [0.1, 0.15) is 5.51 Å². The molecule has 2 rings (SSSR count). The monoisotopic (exact) mass is 226 g/mol. The first-order chi connectivity index (χ1) is 7.25. The lowest BCUT2D eigenvalue weighted by molar-refractivity contribution is -0.117. The van der Waals surface area contributed by atoms with Gasteiger partial charge in [-0.2, -0.15) is 0 Å². The van der Waals surface area contributed by atoms with E-state index < -0.39 is 0 Å². The molecule has 82 valence electrons. The maximum absolute atomic E-state index is 11.6. The molecule has 0 unspecified atom stereocenters. The second-order valence-electron chi connectivity index (χ2n) is 3.85. The molecule has 1 fully saturated rings. The summed E-state index contributed by atoms with van der Waals surface area (Å²) < 4.78 is 0. The van der Waals surface area contributed by atoms with Crippen LogP contribution in [0.15, 0.2) is 5.51 Å². The third kappa shape index (κ3) is 2.73. The number of hydrogen-bond donors (Lipinski definition) is 2. The summed E-state index contributed by atoms with van der Waals surface area (Å²) in [6.07, 6.45) is 3.74. The molecule has 0 aromatic carbocycles. The molecule has 1 saturated carbocycles. The zero-order valence-electron chi connectivity index (χ0n) is 8.35. The molecule has 0 radical (unpaired) electrons. The number of amides is 1. The zero-order chi connectivity index (χ0) is 10.7. The summed E-state index contributed by atoms with van der Waals surface area (Å²) in [4.78, 5) is 11.6. The summed E-state index contributed by atoms with van der Waals surface area (Å²) in [5, 5.41) is 10.7. The number of nitrogens with two attached hydrogens (primary N) is 1. The van der Waals surface area contributed by atoms with Gasteiger partial charge in [-0.3, -0.25) is 4.79 Å². The van der Waals surface area contributed by atoms with Crippen LogP contribution < -0.4 is 11.1 Å². The van der Waals surface area contributed by atoms with E-state index >= 15 is 0 Å². The Hall–Kier alpha value is -1.01. The van der Waals surface area contributed by atoms with Crippen molar-refractivity contribution < 1.29 is 4.79 Å². The lowest BCUT2D eigenvalue weighted by atomic mass is 10.00. The lowest BCUT2D eigenvalue weighted by Gasteiger charge is -2.13. The highest BCUT2D eigenvalue weighted by Crippen LogP contribution is 2.27. The molecule has 1 aromatic rings. The Labute approximate surface area is 92.1 Å². The van der Waals surface area contributed by atoms with E-state index in [1.807, 2.05) is 0 Å². The Balaban J connectivity index is 1.82. The van der Waals surface area contributed by atoms with Crippen LogP contribution in [0, 0.1) is 5.92 Å². The van der Waals surface area contributed by atoms with E-state index in [0.29, 0.717) is 17.5 Å². The highest BCUT2D eigenvalue weighted by molar-refractivity contribution is 7.13. The van der Waals surface area contributed by atoms with Crippen molar-refractivity contribution >= 4 is 22.4 Å². The van der Waals surface area contributed by atoms with Gasteiger partial charge in [-0.15, -0.1) is 10.2 Å². The normalized spacial score (nSPS) is 25.4. The quantitative estimate of drug-likeness (QED) is 0.805. The molecule has 5 nitrogen and oxygen atoms in total. The molecule has 3 N–H and O–H groups in total. The Morgan fingerprint density at radius 1 is 1.67 bits per heavy atom. The molecule has 2 atom stereocenters. The Bertz CT molecular complexity index is 327. The molecule has 1 amide bonds. The van der Waals surface area contributed by atoms with Gasteiger partial charge >= 0.3 is 0 Å².